The van der Waals surface area contributed by atoms with Gasteiger partial charge in [0, 0.05) is 37.3 Å². The molecule has 0 amide bonds. The SMILES string of the molecule is CC(C)NCC1CCCCN1S(=O)(=O)NCc1ccoc1. The number of rotatable bonds is 7. The van der Waals surface area contributed by atoms with Gasteiger partial charge in [-0.3, -0.25) is 0 Å². The van der Waals surface area contributed by atoms with E-state index in [9.17, 15) is 8.42 Å². The highest BCUT2D eigenvalue weighted by atomic mass is 32.2. The quantitative estimate of drug-likeness (QED) is 0.799. The van der Waals surface area contributed by atoms with Gasteiger partial charge < -0.3 is 9.73 Å². The number of piperidine rings is 1. The number of furan rings is 1. The first-order valence-electron chi connectivity index (χ1n) is 7.50. The molecule has 0 spiro atoms. The molecule has 0 bridgehead atoms. The highest BCUT2D eigenvalue weighted by molar-refractivity contribution is 7.87. The maximum atomic E-state index is 12.5. The van der Waals surface area contributed by atoms with Gasteiger partial charge in [-0.1, -0.05) is 20.3 Å². The molecular formula is C14H25N3O3S. The molecule has 1 fully saturated rings. The average Bonchev–Trinajstić information content (AvgIpc) is 2.97. The van der Waals surface area contributed by atoms with Crippen molar-refractivity contribution in [2.45, 2.75) is 51.7 Å². The van der Waals surface area contributed by atoms with Crippen molar-refractivity contribution in [1.82, 2.24) is 14.3 Å². The summed E-state index contributed by atoms with van der Waals surface area (Å²) in [5.41, 5.74) is 0.826. The molecule has 2 N–H and O–H groups in total. The Hall–Kier alpha value is -0.890. The average molecular weight is 315 g/mol. The van der Waals surface area contributed by atoms with Crippen molar-refractivity contribution in [3.05, 3.63) is 24.2 Å². The Balaban J connectivity index is 1.97. The minimum absolute atomic E-state index is 0.0306. The molecule has 0 saturated carbocycles. The summed E-state index contributed by atoms with van der Waals surface area (Å²) in [5, 5.41) is 3.34. The number of hydrogen-bond acceptors (Lipinski definition) is 4. The van der Waals surface area contributed by atoms with E-state index in [1.54, 1.807) is 22.9 Å². The topological polar surface area (TPSA) is 74.6 Å². The van der Waals surface area contributed by atoms with Crippen molar-refractivity contribution in [1.29, 1.82) is 0 Å². The maximum absolute atomic E-state index is 12.5. The zero-order chi connectivity index (χ0) is 15.3. The van der Waals surface area contributed by atoms with Crippen molar-refractivity contribution in [2.75, 3.05) is 13.1 Å². The molecule has 1 atom stereocenters. The Morgan fingerprint density at radius 1 is 1.43 bits per heavy atom. The van der Waals surface area contributed by atoms with E-state index in [4.69, 9.17) is 4.42 Å². The minimum Gasteiger partial charge on any atom is -0.472 e. The molecule has 0 aromatic carbocycles. The van der Waals surface area contributed by atoms with E-state index >= 15 is 0 Å². The van der Waals surface area contributed by atoms with Crippen molar-refractivity contribution in [3.8, 4) is 0 Å². The summed E-state index contributed by atoms with van der Waals surface area (Å²) in [5.74, 6) is 0. The van der Waals surface area contributed by atoms with E-state index in [1.807, 2.05) is 0 Å². The lowest BCUT2D eigenvalue weighted by atomic mass is 10.0. The van der Waals surface area contributed by atoms with Crippen molar-refractivity contribution < 1.29 is 12.8 Å². The van der Waals surface area contributed by atoms with Gasteiger partial charge in [-0.25, -0.2) is 0 Å². The van der Waals surface area contributed by atoms with Gasteiger partial charge in [-0.05, 0) is 18.9 Å². The van der Waals surface area contributed by atoms with Crippen LogP contribution in [0.4, 0.5) is 0 Å². The van der Waals surface area contributed by atoms with Crippen molar-refractivity contribution in [3.63, 3.8) is 0 Å². The molecule has 1 aliphatic heterocycles. The van der Waals surface area contributed by atoms with E-state index in [1.165, 1.54) is 0 Å². The Labute approximate surface area is 127 Å². The van der Waals surface area contributed by atoms with E-state index in [2.05, 4.69) is 23.9 Å². The normalized spacial score (nSPS) is 21.0. The fraction of sp³-hybridized carbons (Fsp3) is 0.714. The van der Waals surface area contributed by atoms with Gasteiger partial charge in [0.1, 0.15) is 0 Å². The largest absolute Gasteiger partial charge is 0.472 e. The van der Waals surface area contributed by atoms with Crippen LogP contribution in [-0.2, 0) is 16.8 Å². The molecule has 1 aromatic heterocycles. The summed E-state index contributed by atoms with van der Waals surface area (Å²) in [4.78, 5) is 0. The number of hydrogen-bond donors (Lipinski definition) is 2. The van der Waals surface area contributed by atoms with Crippen LogP contribution in [-0.4, -0.2) is 37.9 Å². The molecule has 2 heterocycles. The molecule has 1 unspecified atom stereocenters. The van der Waals surface area contributed by atoms with Crippen LogP contribution < -0.4 is 10.0 Å². The van der Waals surface area contributed by atoms with Crippen LogP contribution in [0.3, 0.4) is 0 Å². The minimum atomic E-state index is -3.45. The third-order valence-corrected chi connectivity index (χ3v) is 5.29. The van der Waals surface area contributed by atoms with E-state index in [0.717, 1.165) is 24.8 Å². The predicted octanol–water partition coefficient (Wildman–Crippen LogP) is 1.47. The lowest BCUT2D eigenvalue weighted by molar-refractivity contribution is 0.239. The lowest BCUT2D eigenvalue weighted by Crippen LogP contribution is -2.52. The summed E-state index contributed by atoms with van der Waals surface area (Å²) >= 11 is 0. The molecule has 120 valence electrons. The summed E-state index contributed by atoms with van der Waals surface area (Å²) in [6.07, 6.45) is 6.01. The smallest absolute Gasteiger partial charge is 0.280 e. The van der Waals surface area contributed by atoms with Crippen LogP contribution in [0.2, 0.25) is 0 Å². The van der Waals surface area contributed by atoms with Crippen LogP contribution in [0.15, 0.2) is 23.0 Å². The molecule has 1 aromatic rings. The predicted molar refractivity (Wildman–Crippen MR) is 82.0 cm³/mol. The second-order valence-corrected chi connectivity index (χ2v) is 7.49. The number of nitrogens with one attached hydrogen (secondary N) is 2. The third-order valence-electron chi connectivity index (χ3n) is 3.68. The molecule has 1 aliphatic rings. The molecule has 21 heavy (non-hydrogen) atoms. The molecule has 7 heteroatoms. The van der Waals surface area contributed by atoms with E-state index in [-0.39, 0.29) is 12.6 Å². The Morgan fingerprint density at radius 3 is 2.90 bits per heavy atom. The van der Waals surface area contributed by atoms with Gasteiger partial charge in [0.2, 0.25) is 0 Å². The van der Waals surface area contributed by atoms with Gasteiger partial charge in [-0.15, -0.1) is 0 Å². The van der Waals surface area contributed by atoms with E-state index < -0.39 is 10.2 Å². The Morgan fingerprint density at radius 2 is 2.24 bits per heavy atom. The van der Waals surface area contributed by atoms with Crippen LogP contribution in [0.5, 0.6) is 0 Å². The summed E-state index contributed by atoms with van der Waals surface area (Å²) in [6.45, 7) is 5.69. The molecular weight excluding hydrogens is 290 g/mol. The van der Waals surface area contributed by atoms with Crippen LogP contribution >= 0.6 is 0 Å². The standard InChI is InChI=1S/C14H25N3O3S/c1-12(2)15-10-14-5-3-4-7-17(14)21(18,19)16-9-13-6-8-20-11-13/h6,8,11-12,14-16H,3-5,7,9-10H2,1-2H3. The molecule has 0 radical (unpaired) electrons. The van der Waals surface area contributed by atoms with Crippen molar-refractivity contribution >= 4 is 10.2 Å². The lowest BCUT2D eigenvalue weighted by Gasteiger charge is -2.35. The highest BCUT2D eigenvalue weighted by Gasteiger charge is 2.31. The number of nitrogens with zero attached hydrogens (tertiary/aromatic N) is 1. The van der Waals surface area contributed by atoms with Gasteiger partial charge >= 0.3 is 0 Å². The Kier molecular flexibility index (Phi) is 5.80. The first-order chi connectivity index (χ1) is 9.99. The van der Waals surface area contributed by atoms with Gasteiger partial charge in [0.05, 0.1) is 12.5 Å². The fourth-order valence-corrected chi connectivity index (χ4v) is 3.97. The zero-order valence-corrected chi connectivity index (χ0v) is 13.5. The van der Waals surface area contributed by atoms with Crippen LogP contribution in [0.25, 0.3) is 0 Å². The molecule has 6 nitrogen and oxygen atoms in total. The van der Waals surface area contributed by atoms with Gasteiger partial charge in [0.25, 0.3) is 10.2 Å². The summed E-state index contributed by atoms with van der Waals surface area (Å²) < 4.78 is 34.2. The second-order valence-electron chi connectivity index (χ2n) is 5.78. The first kappa shape index (κ1) is 16.5. The Bertz CT molecular complexity index is 514. The molecule has 1 saturated heterocycles. The second kappa shape index (κ2) is 7.40. The van der Waals surface area contributed by atoms with Crippen LogP contribution in [0.1, 0.15) is 38.7 Å². The monoisotopic (exact) mass is 315 g/mol. The zero-order valence-electron chi connectivity index (χ0n) is 12.7. The third kappa shape index (κ3) is 4.81. The summed E-state index contributed by atoms with van der Waals surface area (Å²) in [6, 6.07) is 2.15. The summed E-state index contributed by atoms with van der Waals surface area (Å²) in [7, 11) is -3.45. The van der Waals surface area contributed by atoms with Gasteiger partial charge in [-0.2, -0.15) is 17.4 Å². The fourth-order valence-electron chi connectivity index (χ4n) is 2.52. The molecule has 0 aliphatic carbocycles. The first-order valence-corrected chi connectivity index (χ1v) is 8.94. The van der Waals surface area contributed by atoms with Gasteiger partial charge in [0.15, 0.2) is 0 Å². The maximum Gasteiger partial charge on any atom is 0.280 e. The highest BCUT2D eigenvalue weighted by Crippen LogP contribution is 2.19. The molecule has 2 rings (SSSR count). The van der Waals surface area contributed by atoms with Crippen LogP contribution in [0, 0.1) is 0 Å². The van der Waals surface area contributed by atoms with Crippen molar-refractivity contribution in [2.24, 2.45) is 0 Å². The van der Waals surface area contributed by atoms with E-state index in [0.29, 0.717) is 19.1 Å².